The molecule has 0 fully saturated rings. The van der Waals surface area contributed by atoms with Gasteiger partial charge in [0.05, 0.1) is 28.2 Å². The summed E-state index contributed by atoms with van der Waals surface area (Å²) in [6.07, 6.45) is 0. The Morgan fingerprint density at radius 3 is 2.24 bits per heavy atom. The van der Waals surface area contributed by atoms with E-state index in [4.69, 9.17) is 15.0 Å². The van der Waals surface area contributed by atoms with Crippen molar-refractivity contribution >= 4 is 22.7 Å². The molecule has 5 rings (SSSR count). The molecule has 0 aliphatic heterocycles. The molecule has 5 nitrogen and oxygen atoms in total. The van der Waals surface area contributed by atoms with Crippen molar-refractivity contribution in [2.75, 3.05) is 0 Å². The van der Waals surface area contributed by atoms with Gasteiger partial charge >= 0.3 is 0 Å². The van der Waals surface area contributed by atoms with E-state index >= 15 is 0 Å². The molecule has 5 aromatic rings. The maximum absolute atomic E-state index is 13.5. The number of nitrogens with zero attached hydrogens (tertiary/aromatic N) is 3. The van der Waals surface area contributed by atoms with Crippen molar-refractivity contribution in [3.8, 4) is 23.3 Å². The average molecular weight is 462 g/mol. The lowest BCUT2D eigenvalue weighted by Crippen LogP contribution is -2.21. The Morgan fingerprint density at radius 1 is 0.824 bits per heavy atom. The number of aromatic nitrogens is 2. The van der Waals surface area contributed by atoms with Gasteiger partial charge in [0.25, 0.3) is 5.56 Å². The topological polar surface area (TPSA) is 67.9 Å². The molecule has 34 heavy (non-hydrogen) atoms. The predicted molar refractivity (Wildman–Crippen MR) is 135 cm³/mol. The fourth-order valence-corrected chi connectivity index (χ4v) is 4.52. The fraction of sp³-hybridized carbons (Fsp3) is 0.0357. The Balaban J connectivity index is 1.50. The summed E-state index contributed by atoms with van der Waals surface area (Å²) in [6.45, 7) is 0. The first-order valence-corrected chi connectivity index (χ1v) is 11.7. The molecule has 0 atom stereocenters. The van der Waals surface area contributed by atoms with Crippen molar-refractivity contribution in [2.45, 2.75) is 10.9 Å². The lowest BCUT2D eigenvalue weighted by Gasteiger charge is -2.14. The van der Waals surface area contributed by atoms with Gasteiger partial charge in [-0.3, -0.25) is 9.36 Å². The van der Waals surface area contributed by atoms with Crippen LogP contribution in [0.15, 0.2) is 113 Å². The summed E-state index contributed by atoms with van der Waals surface area (Å²) in [6, 6.07) is 33.9. The Morgan fingerprint density at radius 2 is 1.50 bits per heavy atom. The second kappa shape index (κ2) is 9.65. The fourth-order valence-electron chi connectivity index (χ4n) is 3.55. The summed E-state index contributed by atoms with van der Waals surface area (Å²) in [5, 5.41) is 10.2. The minimum atomic E-state index is -0.121. The number of rotatable bonds is 6. The second-order valence-electron chi connectivity index (χ2n) is 7.56. The molecule has 4 aromatic carbocycles. The number of hydrogen-bond donors (Lipinski definition) is 0. The van der Waals surface area contributed by atoms with Crippen molar-refractivity contribution < 1.29 is 4.74 Å². The molecular weight excluding hydrogens is 442 g/mol. The van der Waals surface area contributed by atoms with E-state index in [0.29, 0.717) is 38.8 Å². The third-order valence-electron chi connectivity index (χ3n) is 5.27. The number of para-hydroxylation sites is 2. The molecule has 0 bridgehead atoms. The number of thioether (sulfide) groups is 1. The molecular formula is C28H19N3O2S. The summed E-state index contributed by atoms with van der Waals surface area (Å²) >= 11 is 1.48. The van der Waals surface area contributed by atoms with E-state index in [0.717, 1.165) is 11.3 Å². The molecule has 164 valence electrons. The first-order chi connectivity index (χ1) is 16.7. The van der Waals surface area contributed by atoms with E-state index in [1.54, 1.807) is 22.8 Å². The molecule has 0 saturated carbocycles. The molecule has 6 heteroatoms. The standard InChI is InChI=1S/C28H19N3O2S/c29-18-20-10-12-21(13-11-20)19-34-28-30-26-9-5-4-8-25(26)27(32)31(28)22-14-16-24(17-15-22)33-23-6-2-1-3-7-23/h1-17H,19H2. The van der Waals surface area contributed by atoms with Crippen LogP contribution in [0.25, 0.3) is 16.6 Å². The number of hydrogen-bond acceptors (Lipinski definition) is 5. The minimum Gasteiger partial charge on any atom is -0.457 e. The van der Waals surface area contributed by atoms with Crippen LogP contribution in [0.2, 0.25) is 0 Å². The van der Waals surface area contributed by atoms with Crippen LogP contribution in [0.4, 0.5) is 0 Å². The van der Waals surface area contributed by atoms with Gasteiger partial charge in [0.2, 0.25) is 0 Å². The molecule has 0 spiro atoms. The van der Waals surface area contributed by atoms with Crippen LogP contribution in [-0.4, -0.2) is 9.55 Å². The molecule has 0 unspecified atom stereocenters. The monoisotopic (exact) mass is 461 g/mol. The Labute approximate surface area is 200 Å². The molecule has 0 N–H and O–H groups in total. The molecule has 0 amide bonds. The second-order valence-corrected chi connectivity index (χ2v) is 8.50. The number of ether oxygens (including phenoxy) is 1. The lowest BCUT2D eigenvalue weighted by atomic mass is 10.2. The van der Waals surface area contributed by atoms with Gasteiger partial charge in [0, 0.05) is 5.75 Å². The summed E-state index contributed by atoms with van der Waals surface area (Å²) in [5.74, 6) is 2.05. The zero-order valence-corrected chi connectivity index (χ0v) is 18.9. The summed E-state index contributed by atoms with van der Waals surface area (Å²) in [4.78, 5) is 18.3. The van der Waals surface area contributed by atoms with Crippen LogP contribution in [0.3, 0.4) is 0 Å². The van der Waals surface area contributed by atoms with E-state index in [1.165, 1.54) is 11.8 Å². The quantitative estimate of drug-likeness (QED) is 0.218. The van der Waals surface area contributed by atoms with E-state index in [-0.39, 0.29) is 5.56 Å². The van der Waals surface area contributed by atoms with Gasteiger partial charge in [-0.1, -0.05) is 54.2 Å². The van der Waals surface area contributed by atoms with Gasteiger partial charge in [-0.05, 0) is 66.2 Å². The van der Waals surface area contributed by atoms with Crippen LogP contribution in [0, 0.1) is 11.3 Å². The Kier molecular flexibility index (Phi) is 6.11. The molecule has 0 radical (unpaired) electrons. The van der Waals surface area contributed by atoms with Gasteiger partial charge < -0.3 is 4.74 Å². The first kappa shape index (κ1) is 21.5. The normalized spacial score (nSPS) is 10.7. The number of fused-ring (bicyclic) bond motifs is 1. The Hall–Kier alpha value is -4.34. The van der Waals surface area contributed by atoms with Crippen molar-refractivity contribution in [1.82, 2.24) is 9.55 Å². The van der Waals surface area contributed by atoms with E-state index in [9.17, 15) is 4.79 Å². The van der Waals surface area contributed by atoms with Crippen LogP contribution >= 0.6 is 11.8 Å². The zero-order chi connectivity index (χ0) is 23.3. The average Bonchev–Trinajstić information content (AvgIpc) is 2.89. The Bertz CT molecular complexity index is 1540. The number of nitriles is 1. The zero-order valence-electron chi connectivity index (χ0n) is 18.1. The van der Waals surface area contributed by atoms with Crippen molar-refractivity contribution in [1.29, 1.82) is 5.26 Å². The highest BCUT2D eigenvalue weighted by atomic mass is 32.2. The first-order valence-electron chi connectivity index (χ1n) is 10.7. The highest BCUT2D eigenvalue weighted by Crippen LogP contribution is 2.27. The lowest BCUT2D eigenvalue weighted by molar-refractivity contribution is 0.482. The van der Waals surface area contributed by atoms with Crippen molar-refractivity contribution in [3.63, 3.8) is 0 Å². The van der Waals surface area contributed by atoms with Crippen LogP contribution in [-0.2, 0) is 5.75 Å². The summed E-state index contributed by atoms with van der Waals surface area (Å²) in [5.41, 5.74) is 2.92. The van der Waals surface area contributed by atoms with E-state index in [2.05, 4.69) is 6.07 Å². The predicted octanol–water partition coefficient (Wildman–Crippen LogP) is 6.34. The van der Waals surface area contributed by atoms with E-state index < -0.39 is 0 Å². The third kappa shape index (κ3) is 4.56. The molecule has 0 aliphatic rings. The van der Waals surface area contributed by atoms with Crippen molar-refractivity contribution in [2.24, 2.45) is 0 Å². The maximum Gasteiger partial charge on any atom is 0.266 e. The summed E-state index contributed by atoms with van der Waals surface area (Å²) < 4.78 is 7.53. The smallest absolute Gasteiger partial charge is 0.266 e. The van der Waals surface area contributed by atoms with Gasteiger partial charge in [0.15, 0.2) is 5.16 Å². The molecule has 1 aromatic heterocycles. The number of benzene rings is 4. The van der Waals surface area contributed by atoms with E-state index in [1.807, 2.05) is 84.9 Å². The SMILES string of the molecule is N#Cc1ccc(CSc2nc3ccccc3c(=O)n2-c2ccc(Oc3ccccc3)cc2)cc1. The van der Waals surface area contributed by atoms with Crippen molar-refractivity contribution in [3.05, 3.63) is 125 Å². The molecule has 1 heterocycles. The molecule has 0 saturated heterocycles. The van der Waals surface area contributed by atoms with Crippen LogP contribution in [0.5, 0.6) is 11.5 Å². The largest absolute Gasteiger partial charge is 0.457 e. The van der Waals surface area contributed by atoms with Crippen LogP contribution < -0.4 is 10.3 Å². The van der Waals surface area contributed by atoms with Crippen LogP contribution in [0.1, 0.15) is 11.1 Å². The third-order valence-corrected chi connectivity index (χ3v) is 6.28. The highest BCUT2D eigenvalue weighted by Gasteiger charge is 2.14. The van der Waals surface area contributed by atoms with Gasteiger partial charge in [0.1, 0.15) is 11.5 Å². The van der Waals surface area contributed by atoms with Gasteiger partial charge in [-0.25, -0.2) is 4.98 Å². The highest BCUT2D eigenvalue weighted by molar-refractivity contribution is 7.98. The van der Waals surface area contributed by atoms with Gasteiger partial charge in [-0.15, -0.1) is 0 Å². The maximum atomic E-state index is 13.5. The summed E-state index contributed by atoms with van der Waals surface area (Å²) in [7, 11) is 0. The van der Waals surface area contributed by atoms with Gasteiger partial charge in [-0.2, -0.15) is 5.26 Å². The minimum absolute atomic E-state index is 0.121. The molecule has 0 aliphatic carbocycles.